The van der Waals surface area contributed by atoms with Crippen LogP contribution in [0, 0.1) is 0 Å². The van der Waals surface area contributed by atoms with Crippen LogP contribution in [0.1, 0.15) is 40.0 Å². The largest absolute Gasteiger partial charge is 0.368 e. The lowest BCUT2D eigenvalue weighted by atomic mass is 10.1. The molecule has 0 amide bonds. The van der Waals surface area contributed by atoms with E-state index in [-0.39, 0.29) is 0 Å². The fourth-order valence-electron chi connectivity index (χ4n) is 2.23. The van der Waals surface area contributed by atoms with E-state index >= 15 is 0 Å². The molecule has 1 aromatic heterocycles. The topological polar surface area (TPSA) is 49.8 Å². The Balaban J connectivity index is 2.21. The van der Waals surface area contributed by atoms with Gasteiger partial charge in [0.1, 0.15) is 5.82 Å². The number of nitrogens with one attached hydrogen (secondary N) is 2. The maximum Gasteiger partial charge on any atom is 0.225 e. The van der Waals surface area contributed by atoms with Crippen molar-refractivity contribution in [2.45, 2.75) is 46.1 Å². The number of hydrogen-bond donors (Lipinski definition) is 2. The zero-order valence-electron chi connectivity index (χ0n) is 13.8. The number of anilines is 2. The lowest BCUT2D eigenvalue weighted by Gasteiger charge is -2.13. The van der Waals surface area contributed by atoms with Crippen LogP contribution in [-0.2, 0) is 0 Å². The fraction of sp³-hybridized carbons (Fsp3) is 0.444. The number of hydrogen-bond acceptors (Lipinski definition) is 4. The Morgan fingerprint density at radius 3 is 2.50 bits per heavy atom. The molecule has 118 valence electrons. The van der Waals surface area contributed by atoms with Gasteiger partial charge in [0.15, 0.2) is 0 Å². The van der Waals surface area contributed by atoms with Crippen molar-refractivity contribution in [2.24, 2.45) is 0 Å². The highest BCUT2D eigenvalue weighted by atomic mass is 15.1. The summed E-state index contributed by atoms with van der Waals surface area (Å²) in [4.78, 5) is 9.21. The van der Waals surface area contributed by atoms with Crippen LogP contribution in [-0.4, -0.2) is 22.6 Å². The Labute approximate surface area is 133 Å². The van der Waals surface area contributed by atoms with E-state index in [9.17, 15) is 0 Å². The van der Waals surface area contributed by atoms with Gasteiger partial charge in [0.2, 0.25) is 5.95 Å². The predicted molar refractivity (Wildman–Crippen MR) is 94.2 cm³/mol. The summed E-state index contributed by atoms with van der Waals surface area (Å²) in [7, 11) is 0. The summed E-state index contributed by atoms with van der Waals surface area (Å²) in [5.41, 5.74) is 2.05. The van der Waals surface area contributed by atoms with Gasteiger partial charge in [-0.2, -0.15) is 4.98 Å². The van der Waals surface area contributed by atoms with Gasteiger partial charge in [0.05, 0.1) is 5.69 Å². The molecule has 4 heteroatoms. The van der Waals surface area contributed by atoms with E-state index in [4.69, 9.17) is 0 Å². The summed E-state index contributed by atoms with van der Waals surface area (Å²) >= 11 is 0. The molecule has 0 fully saturated rings. The Morgan fingerprint density at radius 1 is 1.05 bits per heavy atom. The second kappa shape index (κ2) is 8.37. The van der Waals surface area contributed by atoms with E-state index in [1.165, 1.54) is 12.8 Å². The van der Waals surface area contributed by atoms with Crippen LogP contribution >= 0.6 is 0 Å². The minimum atomic E-state index is 0.339. The number of unbranched alkanes of at least 4 members (excludes halogenated alkanes) is 2. The van der Waals surface area contributed by atoms with E-state index in [1.54, 1.807) is 0 Å². The molecular weight excluding hydrogens is 272 g/mol. The van der Waals surface area contributed by atoms with Gasteiger partial charge in [-0.25, -0.2) is 4.98 Å². The minimum absolute atomic E-state index is 0.339. The average Bonchev–Trinajstić information content (AvgIpc) is 2.52. The van der Waals surface area contributed by atoms with Crippen LogP contribution in [0.4, 0.5) is 11.8 Å². The smallest absolute Gasteiger partial charge is 0.225 e. The van der Waals surface area contributed by atoms with E-state index < -0.39 is 0 Å². The highest BCUT2D eigenvalue weighted by molar-refractivity contribution is 5.64. The lowest BCUT2D eigenvalue weighted by Crippen LogP contribution is -2.13. The maximum absolute atomic E-state index is 4.65. The predicted octanol–water partition coefficient (Wildman–Crippen LogP) is 4.57. The Hall–Kier alpha value is -2.10. The van der Waals surface area contributed by atoms with E-state index in [1.807, 2.05) is 24.3 Å². The van der Waals surface area contributed by atoms with Crippen molar-refractivity contribution in [3.63, 3.8) is 0 Å². The molecule has 0 saturated carbocycles. The van der Waals surface area contributed by atoms with Gasteiger partial charge < -0.3 is 10.6 Å². The summed E-state index contributed by atoms with van der Waals surface area (Å²) in [6.07, 6.45) is 3.58. The van der Waals surface area contributed by atoms with E-state index in [0.717, 1.165) is 30.0 Å². The van der Waals surface area contributed by atoms with Gasteiger partial charge >= 0.3 is 0 Å². The van der Waals surface area contributed by atoms with Crippen LogP contribution in [0.2, 0.25) is 0 Å². The third-order valence-electron chi connectivity index (χ3n) is 3.30. The van der Waals surface area contributed by atoms with Gasteiger partial charge in [-0.1, -0.05) is 50.1 Å². The molecule has 0 bridgehead atoms. The molecule has 2 N–H and O–H groups in total. The van der Waals surface area contributed by atoms with Crippen LogP contribution in [0.3, 0.4) is 0 Å². The zero-order chi connectivity index (χ0) is 15.8. The van der Waals surface area contributed by atoms with Crippen LogP contribution in [0.15, 0.2) is 36.4 Å². The normalized spacial score (nSPS) is 10.7. The van der Waals surface area contributed by atoms with Gasteiger partial charge in [0, 0.05) is 24.2 Å². The molecule has 2 rings (SSSR count). The fourth-order valence-corrected chi connectivity index (χ4v) is 2.23. The third-order valence-corrected chi connectivity index (χ3v) is 3.30. The first kappa shape index (κ1) is 16.3. The molecule has 2 aromatic rings. The standard InChI is InChI=1S/C18H26N4/c1-4-5-9-12-19-18-21-16(15-10-7-6-8-11-15)13-17(22-18)20-14(2)3/h6-8,10-11,13-14H,4-5,9,12H2,1-3H3,(H2,19,20,21,22). The molecular formula is C18H26N4. The second-order valence-corrected chi connectivity index (χ2v) is 5.76. The molecule has 0 saturated heterocycles. The number of aromatic nitrogens is 2. The van der Waals surface area contributed by atoms with Crippen LogP contribution < -0.4 is 10.6 Å². The summed E-state index contributed by atoms with van der Waals surface area (Å²) in [6, 6.07) is 12.6. The van der Waals surface area contributed by atoms with Gasteiger partial charge in [0.25, 0.3) is 0 Å². The molecule has 1 heterocycles. The molecule has 0 radical (unpaired) electrons. The molecule has 0 aliphatic heterocycles. The van der Waals surface area contributed by atoms with Gasteiger partial charge in [-0.15, -0.1) is 0 Å². The first-order valence-corrected chi connectivity index (χ1v) is 8.14. The van der Waals surface area contributed by atoms with Crippen LogP contribution in [0.25, 0.3) is 11.3 Å². The SMILES string of the molecule is CCCCCNc1nc(NC(C)C)cc(-c2ccccc2)n1. The molecule has 0 spiro atoms. The maximum atomic E-state index is 4.65. The monoisotopic (exact) mass is 298 g/mol. The second-order valence-electron chi connectivity index (χ2n) is 5.76. The van der Waals surface area contributed by atoms with Crippen molar-refractivity contribution < 1.29 is 0 Å². The third kappa shape index (κ3) is 5.02. The van der Waals surface area contributed by atoms with Crippen molar-refractivity contribution in [3.8, 4) is 11.3 Å². The molecule has 0 unspecified atom stereocenters. The molecule has 0 aliphatic carbocycles. The first-order chi connectivity index (χ1) is 10.7. The number of benzene rings is 1. The summed E-state index contributed by atoms with van der Waals surface area (Å²) < 4.78 is 0. The molecule has 22 heavy (non-hydrogen) atoms. The first-order valence-electron chi connectivity index (χ1n) is 8.14. The Morgan fingerprint density at radius 2 is 1.82 bits per heavy atom. The van der Waals surface area contributed by atoms with Gasteiger partial charge in [-0.3, -0.25) is 0 Å². The minimum Gasteiger partial charge on any atom is -0.368 e. The summed E-state index contributed by atoms with van der Waals surface area (Å²) in [5, 5.41) is 6.71. The average molecular weight is 298 g/mol. The van der Waals surface area contributed by atoms with Crippen molar-refractivity contribution in [1.29, 1.82) is 0 Å². The highest BCUT2D eigenvalue weighted by Gasteiger charge is 2.07. The zero-order valence-corrected chi connectivity index (χ0v) is 13.8. The van der Waals surface area contributed by atoms with E-state index in [0.29, 0.717) is 12.0 Å². The van der Waals surface area contributed by atoms with Crippen molar-refractivity contribution in [3.05, 3.63) is 36.4 Å². The summed E-state index contributed by atoms with van der Waals surface area (Å²) in [6.45, 7) is 7.34. The van der Waals surface area contributed by atoms with Gasteiger partial charge in [-0.05, 0) is 20.3 Å². The Bertz CT molecular complexity index is 567. The van der Waals surface area contributed by atoms with Crippen LogP contribution in [0.5, 0.6) is 0 Å². The molecule has 0 atom stereocenters. The quantitative estimate of drug-likeness (QED) is 0.701. The molecule has 0 aliphatic rings. The van der Waals surface area contributed by atoms with E-state index in [2.05, 4.69) is 53.5 Å². The highest BCUT2D eigenvalue weighted by Crippen LogP contribution is 2.21. The van der Waals surface area contributed by atoms with Crippen molar-refractivity contribution >= 4 is 11.8 Å². The molecule has 1 aromatic carbocycles. The Kier molecular flexibility index (Phi) is 6.19. The van der Waals surface area contributed by atoms with Crippen molar-refractivity contribution in [2.75, 3.05) is 17.2 Å². The summed E-state index contributed by atoms with van der Waals surface area (Å²) in [5.74, 6) is 1.56. The number of rotatable bonds is 8. The number of nitrogens with zero attached hydrogens (tertiary/aromatic N) is 2. The molecule has 4 nitrogen and oxygen atoms in total. The van der Waals surface area contributed by atoms with Crippen molar-refractivity contribution in [1.82, 2.24) is 9.97 Å². The lowest BCUT2D eigenvalue weighted by molar-refractivity contribution is 0.740.